The molecule has 154 valence electrons. The van der Waals surface area contributed by atoms with Crippen molar-refractivity contribution >= 4 is 29.1 Å². The lowest BCUT2D eigenvalue weighted by Gasteiger charge is -2.49. The molecule has 0 aromatic heterocycles. The van der Waals surface area contributed by atoms with Gasteiger partial charge in [0.15, 0.2) is 0 Å². The van der Waals surface area contributed by atoms with Crippen molar-refractivity contribution < 1.29 is 4.79 Å². The largest absolute Gasteiger partial charge is 0.329 e. The summed E-state index contributed by atoms with van der Waals surface area (Å²) in [4.78, 5) is 18.2. The number of benzene rings is 2. The van der Waals surface area contributed by atoms with Crippen molar-refractivity contribution in [3.63, 3.8) is 0 Å². The van der Waals surface area contributed by atoms with Crippen LogP contribution in [0.25, 0.3) is 0 Å². The smallest absolute Gasteiger partial charge is 0.228 e. The second kappa shape index (κ2) is 8.29. The van der Waals surface area contributed by atoms with Gasteiger partial charge in [0.25, 0.3) is 0 Å². The van der Waals surface area contributed by atoms with E-state index in [1.54, 1.807) is 6.07 Å². The maximum absolute atomic E-state index is 13.6. The molecule has 1 saturated heterocycles. The molecule has 29 heavy (non-hydrogen) atoms. The zero-order chi connectivity index (χ0) is 20.6. The first-order valence-electron chi connectivity index (χ1n) is 10.4. The second-order valence-electron chi connectivity index (χ2n) is 8.90. The van der Waals surface area contributed by atoms with Crippen LogP contribution in [0.4, 0.5) is 0 Å². The fraction of sp³-hybridized carbons (Fsp3) is 0.458. The minimum atomic E-state index is -0.244. The van der Waals surface area contributed by atoms with Crippen LogP contribution in [-0.2, 0) is 17.6 Å². The molecule has 2 aliphatic rings. The van der Waals surface area contributed by atoms with Gasteiger partial charge in [-0.3, -0.25) is 4.79 Å². The van der Waals surface area contributed by atoms with Gasteiger partial charge in [0.05, 0.1) is 22.5 Å². The molecule has 0 N–H and O–H groups in total. The lowest BCUT2D eigenvalue weighted by atomic mass is 9.80. The molecule has 2 aliphatic heterocycles. The van der Waals surface area contributed by atoms with E-state index < -0.39 is 0 Å². The molecule has 1 amide bonds. The van der Waals surface area contributed by atoms with Crippen molar-refractivity contribution in [2.75, 3.05) is 19.6 Å². The molecule has 1 unspecified atom stereocenters. The molecule has 1 fully saturated rings. The first-order valence-corrected chi connectivity index (χ1v) is 11.2. The maximum atomic E-state index is 13.6. The van der Waals surface area contributed by atoms with Crippen LogP contribution in [0.5, 0.6) is 0 Å². The number of hydrogen-bond acceptors (Lipinski definition) is 2. The number of carbonyl (C=O) groups is 1. The van der Waals surface area contributed by atoms with Crippen molar-refractivity contribution in [2.45, 2.75) is 51.1 Å². The Bertz CT molecular complexity index is 906. The summed E-state index contributed by atoms with van der Waals surface area (Å²) in [7, 11) is 0. The van der Waals surface area contributed by atoms with Gasteiger partial charge in [0, 0.05) is 12.1 Å². The summed E-state index contributed by atoms with van der Waals surface area (Å²) >= 11 is 12.2. The maximum Gasteiger partial charge on any atom is 0.228 e. The Balaban J connectivity index is 1.67. The summed E-state index contributed by atoms with van der Waals surface area (Å²) in [5.41, 5.74) is 3.31. The summed E-state index contributed by atoms with van der Waals surface area (Å²) in [6.45, 7) is 7.51. The Hall–Kier alpha value is -1.55. The van der Waals surface area contributed by atoms with Gasteiger partial charge in [0.1, 0.15) is 0 Å². The fourth-order valence-corrected chi connectivity index (χ4v) is 5.26. The minimum absolute atomic E-state index is 0.0725. The lowest BCUT2D eigenvalue weighted by Crippen LogP contribution is -2.56. The third kappa shape index (κ3) is 4.33. The van der Waals surface area contributed by atoms with E-state index in [4.69, 9.17) is 23.2 Å². The molecule has 1 atom stereocenters. The van der Waals surface area contributed by atoms with Crippen LogP contribution in [-0.4, -0.2) is 40.9 Å². The fourth-order valence-electron chi connectivity index (χ4n) is 4.94. The van der Waals surface area contributed by atoms with E-state index in [0.717, 1.165) is 31.6 Å². The summed E-state index contributed by atoms with van der Waals surface area (Å²) in [6.07, 6.45) is 3.69. The average molecular weight is 431 g/mol. The first kappa shape index (κ1) is 20.7. The molecule has 0 aliphatic carbocycles. The topological polar surface area (TPSA) is 23.6 Å². The monoisotopic (exact) mass is 430 g/mol. The van der Waals surface area contributed by atoms with Crippen molar-refractivity contribution in [2.24, 2.45) is 0 Å². The molecule has 0 bridgehead atoms. The standard InChI is InChI=1S/C24H28Cl2N2O/c1-24(2)15-18-7-3-4-8-19(18)22(16-27-11-5-6-12-27)28(24)23(29)14-17-9-10-20(25)21(26)13-17/h3-4,7-10,13,22H,5-6,11-12,14-16H2,1-2H3. The number of nitrogens with zero attached hydrogens (tertiary/aromatic N) is 2. The highest BCUT2D eigenvalue weighted by molar-refractivity contribution is 6.42. The summed E-state index contributed by atoms with van der Waals surface area (Å²) in [6, 6.07) is 14.2. The highest BCUT2D eigenvalue weighted by Gasteiger charge is 2.42. The molecule has 5 heteroatoms. The zero-order valence-electron chi connectivity index (χ0n) is 17.1. The van der Waals surface area contributed by atoms with Crippen LogP contribution >= 0.6 is 23.2 Å². The predicted octanol–water partition coefficient (Wildman–Crippen LogP) is 5.54. The van der Waals surface area contributed by atoms with Gasteiger partial charge >= 0.3 is 0 Å². The normalized spacial score (nSPS) is 21.2. The van der Waals surface area contributed by atoms with Gasteiger partial charge < -0.3 is 9.80 Å². The lowest BCUT2D eigenvalue weighted by molar-refractivity contribution is -0.141. The quantitative estimate of drug-likeness (QED) is 0.635. The average Bonchev–Trinajstić information content (AvgIpc) is 3.17. The molecule has 2 aromatic rings. The molecule has 4 rings (SSSR count). The van der Waals surface area contributed by atoms with E-state index in [1.165, 1.54) is 24.0 Å². The highest BCUT2D eigenvalue weighted by Crippen LogP contribution is 2.40. The number of rotatable bonds is 4. The van der Waals surface area contributed by atoms with E-state index >= 15 is 0 Å². The van der Waals surface area contributed by atoms with E-state index in [0.29, 0.717) is 16.5 Å². The van der Waals surface area contributed by atoms with Crippen LogP contribution in [0.3, 0.4) is 0 Å². The molecule has 0 spiro atoms. The second-order valence-corrected chi connectivity index (χ2v) is 9.71. The van der Waals surface area contributed by atoms with Gasteiger partial charge in [-0.15, -0.1) is 0 Å². The van der Waals surface area contributed by atoms with E-state index in [9.17, 15) is 4.79 Å². The molecule has 0 saturated carbocycles. The molecule has 2 heterocycles. The number of hydrogen-bond donors (Lipinski definition) is 0. The van der Waals surface area contributed by atoms with Crippen LogP contribution in [0.2, 0.25) is 10.0 Å². The van der Waals surface area contributed by atoms with Gasteiger partial charge in [-0.1, -0.05) is 53.5 Å². The number of likely N-dealkylation sites (tertiary alicyclic amines) is 1. The SMILES string of the molecule is CC1(C)Cc2ccccc2C(CN2CCCC2)N1C(=O)Cc1ccc(Cl)c(Cl)c1. The van der Waals surface area contributed by atoms with Crippen LogP contribution < -0.4 is 0 Å². The van der Waals surface area contributed by atoms with Gasteiger partial charge in [0.2, 0.25) is 5.91 Å². The van der Waals surface area contributed by atoms with Crippen LogP contribution in [0, 0.1) is 0 Å². The zero-order valence-corrected chi connectivity index (χ0v) is 18.6. The summed E-state index contributed by atoms with van der Waals surface area (Å²) in [5, 5.41) is 1.01. The summed E-state index contributed by atoms with van der Waals surface area (Å²) < 4.78 is 0. The molecular weight excluding hydrogens is 403 g/mol. The highest BCUT2D eigenvalue weighted by atomic mass is 35.5. The van der Waals surface area contributed by atoms with Gasteiger partial charge in [-0.25, -0.2) is 0 Å². The predicted molar refractivity (Wildman–Crippen MR) is 120 cm³/mol. The van der Waals surface area contributed by atoms with E-state index in [2.05, 4.69) is 47.9 Å². The summed E-state index contributed by atoms with van der Waals surface area (Å²) in [5.74, 6) is 0.145. The number of halogens is 2. The van der Waals surface area contributed by atoms with Crippen LogP contribution in [0.15, 0.2) is 42.5 Å². The Morgan fingerprint density at radius 1 is 1.07 bits per heavy atom. The van der Waals surface area contributed by atoms with Crippen LogP contribution in [0.1, 0.15) is 49.4 Å². The van der Waals surface area contributed by atoms with E-state index in [1.807, 2.05) is 12.1 Å². The van der Waals surface area contributed by atoms with E-state index in [-0.39, 0.29) is 17.5 Å². The van der Waals surface area contributed by atoms with Crippen molar-refractivity contribution in [3.05, 3.63) is 69.2 Å². The Morgan fingerprint density at radius 3 is 2.52 bits per heavy atom. The van der Waals surface area contributed by atoms with Crippen molar-refractivity contribution in [3.8, 4) is 0 Å². The molecular formula is C24H28Cl2N2O. The Kier molecular flexibility index (Phi) is 5.92. The van der Waals surface area contributed by atoms with Crippen molar-refractivity contribution in [1.82, 2.24) is 9.80 Å². The third-order valence-electron chi connectivity index (χ3n) is 6.24. The third-order valence-corrected chi connectivity index (χ3v) is 6.98. The first-order chi connectivity index (χ1) is 13.8. The minimum Gasteiger partial charge on any atom is -0.329 e. The number of fused-ring (bicyclic) bond motifs is 1. The molecule has 3 nitrogen and oxygen atoms in total. The van der Waals surface area contributed by atoms with Crippen molar-refractivity contribution in [1.29, 1.82) is 0 Å². The molecule has 2 aromatic carbocycles. The van der Waals surface area contributed by atoms with Gasteiger partial charge in [-0.2, -0.15) is 0 Å². The number of carbonyl (C=O) groups excluding carboxylic acids is 1. The van der Waals surface area contributed by atoms with Gasteiger partial charge in [-0.05, 0) is 75.0 Å². The Morgan fingerprint density at radius 2 is 1.79 bits per heavy atom. The Labute approximate surface area is 183 Å². The number of amides is 1. The molecule has 0 radical (unpaired) electrons.